The van der Waals surface area contributed by atoms with Crippen molar-refractivity contribution in [3.8, 4) is 0 Å². The van der Waals surface area contributed by atoms with Crippen molar-refractivity contribution in [2.45, 2.75) is 25.4 Å². The minimum absolute atomic E-state index is 0.0355. The number of amides is 2. The molecule has 0 saturated carbocycles. The fraction of sp³-hybridized carbons (Fsp3) is 0.545. The van der Waals surface area contributed by atoms with E-state index in [0.717, 1.165) is 5.69 Å². The second-order valence-electron chi connectivity index (χ2n) is 4.75. The average Bonchev–Trinajstić information content (AvgIpc) is 2.85. The largest absolute Gasteiger partial charge is 0.363 e. The third-order valence-electron chi connectivity index (χ3n) is 3.14. The van der Waals surface area contributed by atoms with Crippen molar-refractivity contribution in [3.63, 3.8) is 0 Å². The normalized spacial score (nSPS) is 21.3. The Morgan fingerprint density at radius 3 is 2.94 bits per heavy atom. The highest BCUT2D eigenvalue weighted by atomic mass is 16.2. The van der Waals surface area contributed by atoms with Crippen LogP contribution >= 0.6 is 0 Å². The molecular weight excluding hydrogens is 204 g/mol. The molecular formula is C11H18N4O. The van der Waals surface area contributed by atoms with E-state index in [1.54, 1.807) is 4.90 Å². The molecule has 0 spiro atoms. The molecule has 5 nitrogen and oxygen atoms in total. The third kappa shape index (κ3) is 1.78. The quantitative estimate of drug-likeness (QED) is 0.708. The molecule has 1 aliphatic heterocycles. The molecule has 0 aliphatic carbocycles. The summed E-state index contributed by atoms with van der Waals surface area (Å²) in [7, 11) is 0. The predicted octanol–water partition coefficient (Wildman–Crippen LogP) is 0.818. The van der Waals surface area contributed by atoms with Crippen LogP contribution < -0.4 is 11.1 Å². The molecule has 0 bridgehead atoms. The van der Waals surface area contributed by atoms with Crippen molar-refractivity contribution in [2.75, 3.05) is 13.1 Å². The van der Waals surface area contributed by atoms with E-state index in [1.807, 2.05) is 32.2 Å². The average molecular weight is 222 g/mol. The molecule has 2 amide bonds. The second-order valence-corrected chi connectivity index (χ2v) is 4.75. The minimum Gasteiger partial charge on any atom is -0.363 e. The molecule has 1 aromatic heterocycles. The Hall–Kier alpha value is -1.49. The van der Waals surface area contributed by atoms with Gasteiger partial charge < -0.3 is 20.9 Å². The summed E-state index contributed by atoms with van der Waals surface area (Å²) in [6, 6.07) is 3.89. The Bertz CT molecular complexity index is 371. The van der Waals surface area contributed by atoms with Gasteiger partial charge in [0.05, 0.1) is 11.6 Å². The van der Waals surface area contributed by atoms with Gasteiger partial charge in [-0.2, -0.15) is 0 Å². The second kappa shape index (κ2) is 3.83. The lowest BCUT2D eigenvalue weighted by Crippen LogP contribution is -2.50. The minimum atomic E-state index is -0.300. The van der Waals surface area contributed by atoms with Crippen molar-refractivity contribution in [1.29, 1.82) is 0 Å². The van der Waals surface area contributed by atoms with Gasteiger partial charge in [-0.15, -0.1) is 0 Å². The number of nitrogens with one attached hydrogen (secondary N) is 2. The van der Waals surface area contributed by atoms with Gasteiger partial charge in [0.2, 0.25) is 0 Å². The summed E-state index contributed by atoms with van der Waals surface area (Å²) in [5.74, 6) is 0. The summed E-state index contributed by atoms with van der Waals surface area (Å²) in [5.41, 5.74) is 6.41. The molecule has 1 aromatic rings. The molecule has 0 radical (unpaired) electrons. The van der Waals surface area contributed by atoms with E-state index in [9.17, 15) is 4.79 Å². The van der Waals surface area contributed by atoms with Gasteiger partial charge in [-0.3, -0.25) is 0 Å². The highest BCUT2D eigenvalue weighted by Crippen LogP contribution is 2.24. The Morgan fingerprint density at radius 2 is 2.38 bits per heavy atom. The first-order valence-corrected chi connectivity index (χ1v) is 5.46. The molecule has 88 valence electrons. The summed E-state index contributed by atoms with van der Waals surface area (Å²) in [5, 5.41) is 2.95. The standard InChI is InChI=1S/C11H18N4O/c1-11(2,7-12)15-6-9(14-10(15)16)8-4-3-5-13-8/h3-5,9,13H,6-7,12H2,1-2H3,(H,14,16). The lowest BCUT2D eigenvalue weighted by Gasteiger charge is -2.33. The summed E-state index contributed by atoms with van der Waals surface area (Å²) >= 11 is 0. The van der Waals surface area contributed by atoms with Crippen LogP contribution in [0.4, 0.5) is 4.79 Å². The number of rotatable bonds is 3. The summed E-state index contributed by atoms with van der Waals surface area (Å²) < 4.78 is 0. The van der Waals surface area contributed by atoms with E-state index in [2.05, 4.69) is 10.3 Å². The zero-order valence-electron chi connectivity index (χ0n) is 9.66. The Kier molecular flexibility index (Phi) is 2.63. The number of nitrogens with zero attached hydrogens (tertiary/aromatic N) is 1. The molecule has 1 aliphatic rings. The first kappa shape index (κ1) is 11.0. The third-order valence-corrected chi connectivity index (χ3v) is 3.14. The summed E-state index contributed by atoms with van der Waals surface area (Å²) in [6.45, 7) is 5.06. The zero-order valence-corrected chi connectivity index (χ0v) is 9.66. The molecule has 1 atom stereocenters. The molecule has 1 unspecified atom stereocenters. The number of urea groups is 1. The molecule has 1 saturated heterocycles. The van der Waals surface area contributed by atoms with E-state index in [4.69, 9.17) is 5.73 Å². The molecule has 0 aromatic carbocycles. The lowest BCUT2D eigenvalue weighted by molar-refractivity contribution is 0.163. The molecule has 16 heavy (non-hydrogen) atoms. The van der Waals surface area contributed by atoms with Crippen LogP contribution in [0.15, 0.2) is 18.3 Å². The van der Waals surface area contributed by atoms with Gasteiger partial charge in [0.25, 0.3) is 0 Å². The Labute approximate surface area is 95.0 Å². The van der Waals surface area contributed by atoms with Crippen LogP contribution in [0.25, 0.3) is 0 Å². The Balaban J connectivity index is 2.14. The molecule has 5 heteroatoms. The van der Waals surface area contributed by atoms with Crippen LogP contribution in [0.3, 0.4) is 0 Å². The van der Waals surface area contributed by atoms with Gasteiger partial charge in [-0.1, -0.05) is 0 Å². The maximum atomic E-state index is 11.8. The first-order valence-electron chi connectivity index (χ1n) is 5.46. The number of aromatic nitrogens is 1. The van der Waals surface area contributed by atoms with E-state index >= 15 is 0 Å². The maximum Gasteiger partial charge on any atom is 0.318 e. The van der Waals surface area contributed by atoms with Gasteiger partial charge in [0, 0.05) is 25.0 Å². The van der Waals surface area contributed by atoms with Gasteiger partial charge in [-0.25, -0.2) is 4.79 Å². The van der Waals surface area contributed by atoms with Crippen molar-refractivity contribution in [2.24, 2.45) is 5.73 Å². The summed E-state index contributed by atoms with van der Waals surface area (Å²) in [4.78, 5) is 16.7. The Morgan fingerprint density at radius 1 is 1.62 bits per heavy atom. The number of carbonyl (C=O) groups is 1. The van der Waals surface area contributed by atoms with E-state index in [-0.39, 0.29) is 17.6 Å². The SMILES string of the molecule is CC(C)(CN)N1CC(c2ccc[nH]2)NC1=O. The highest BCUT2D eigenvalue weighted by molar-refractivity contribution is 5.78. The van der Waals surface area contributed by atoms with Crippen molar-refractivity contribution in [1.82, 2.24) is 15.2 Å². The number of hydrogen-bond acceptors (Lipinski definition) is 2. The van der Waals surface area contributed by atoms with Crippen molar-refractivity contribution >= 4 is 6.03 Å². The molecule has 4 N–H and O–H groups in total. The van der Waals surface area contributed by atoms with Crippen LogP contribution in [0.5, 0.6) is 0 Å². The van der Waals surface area contributed by atoms with E-state index < -0.39 is 0 Å². The van der Waals surface area contributed by atoms with Gasteiger partial charge in [0.15, 0.2) is 0 Å². The maximum absolute atomic E-state index is 11.8. The smallest absolute Gasteiger partial charge is 0.318 e. The van der Waals surface area contributed by atoms with Crippen molar-refractivity contribution in [3.05, 3.63) is 24.0 Å². The van der Waals surface area contributed by atoms with Crippen LogP contribution in [0.2, 0.25) is 0 Å². The molecule has 2 rings (SSSR count). The molecule has 2 heterocycles. The number of carbonyl (C=O) groups excluding carboxylic acids is 1. The first-order chi connectivity index (χ1) is 7.54. The van der Waals surface area contributed by atoms with E-state index in [1.165, 1.54) is 0 Å². The van der Waals surface area contributed by atoms with Gasteiger partial charge in [-0.05, 0) is 26.0 Å². The number of nitrogens with two attached hydrogens (primary N) is 1. The fourth-order valence-corrected chi connectivity index (χ4v) is 1.91. The number of aromatic amines is 1. The highest BCUT2D eigenvalue weighted by Gasteiger charge is 2.38. The van der Waals surface area contributed by atoms with Crippen LogP contribution in [0, 0.1) is 0 Å². The van der Waals surface area contributed by atoms with Crippen molar-refractivity contribution < 1.29 is 4.79 Å². The van der Waals surface area contributed by atoms with Crippen LogP contribution in [-0.4, -0.2) is 34.5 Å². The van der Waals surface area contributed by atoms with E-state index in [0.29, 0.717) is 13.1 Å². The van der Waals surface area contributed by atoms with Crippen LogP contribution in [0.1, 0.15) is 25.6 Å². The van der Waals surface area contributed by atoms with Gasteiger partial charge in [0.1, 0.15) is 0 Å². The fourth-order valence-electron chi connectivity index (χ4n) is 1.91. The summed E-state index contributed by atoms with van der Waals surface area (Å²) in [6.07, 6.45) is 1.86. The van der Waals surface area contributed by atoms with Crippen LogP contribution in [-0.2, 0) is 0 Å². The monoisotopic (exact) mass is 222 g/mol. The lowest BCUT2D eigenvalue weighted by atomic mass is 10.0. The number of H-pyrrole nitrogens is 1. The topological polar surface area (TPSA) is 74.2 Å². The zero-order chi connectivity index (χ0) is 11.8. The van der Waals surface area contributed by atoms with Gasteiger partial charge >= 0.3 is 6.03 Å². The number of hydrogen-bond donors (Lipinski definition) is 3. The predicted molar refractivity (Wildman–Crippen MR) is 61.9 cm³/mol. The molecule has 1 fully saturated rings.